The highest BCUT2D eigenvalue weighted by Gasteiger charge is 2.12. The average Bonchev–Trinajstić information content (AvgIpc) is 1.90. The number of cyclic esters (lactones) is 2. The first-order valence-electron chi connectivity index (χ1n) is 2.96. The summed E-state index contributed by atoms with van der Waals surface area (Å²) >= 11 is 0. The van der Waals surface area contributed by atoms with E-state index in [0.717, 1.165) is 0 Å². The first-order valence-corrected chi connectivity index (χ1v) is 2.96. The molecule has 1 saturated heterocycles. The lowest BCUT2D eigenvalue weighted by Crippen LogP contribution is -2.15. The maximum absolute atomic E-state index is 10.5. The van der Waals surface area contributed by atoms with E-state index >= 15 is 0 Å². The molecule has 0 spiro atoms. The molecule has 0 aromatic rings. The smallest absolute Gasteiger partial charge is 0.306 e. The van der Waals surface area contributed by atoms with Gasteiger partial charge in [-0.2, -0.15) is 0 Å². The minimum Gasteiger partial charge on any atom is -0.462 e. The van der Waals surface area contributed by atoms with Gasteiger partial charge in [-0.3, -0.25) is 9.59 Å². The highest BCUT2D eigenvalue weighted by atomic mass is 16.6. The van der Waals surface area contributed by atoms with Gasteiger partial charge < -0.3 is 9.47 Å². The summed E-state index contributed by atoms with van der Waals surface area (Å²) in [6, 6.07) is 0. The van der Waals surface area contributed by atoms with Crippen LogP contribution in [-0.4, -0.2) is 18.5 Å². The van der Waals surface area contributed by atoms with Crippen molar-refractivity contribution in [1.82, 2.24) is 0 Å². The third-order valence-electron chi connectivity index (χ3n) is 1.06. The summed E-state index contributed by atoms with van der Waals surface area (Å²) in [5.74, 6) is -0.732. The first-order chi connectivity index (χ1) is 4.79. The van der Waals surface area contributed by atoms with E-state index in [1.165, 1.54) is 6.61 Å². The molecule has 0 N–H and O–H groups in total. The molecule has 0 aliphatic carbocycles. The van der Waals surface area contributed by atoms with Crippen molar-refractivity contribution in [2.45, 2.75) is 12.8 Å². The van der Waals surface area contributed by atoms with Crippen LogP contribution in [0.25, 0.3) is 0 Å². The number of rotatable bonds is 0. The van der Waals surface area contributed by atoms with Crippen LogP contribution in [0.2, 0.25) is 0 Å². The molecule has 4 nitrogen and oxygen atoms in total. The molecule has 1 aliphatic rings. The average molecular weight is 143 g/mol. The summed E-state index contributed by atoms with van der Waals surface area (Å²) in [5.41, 5.74) is 0. The summed E-state index contributed by atoms with van der Waals surface area (Å²) in [4.78, 5) is 21.1. The largest absolute Gasteiger partial charge is 0.462 e. The van der Waals surface area contributed by atoms with E-state index in [1.54, 1.807) is 0 Å². The molecule has 10 heavy (non-hydrogen) atoms. The lowest BCUT2D eigenvalue weighted by Gasteiger charge is -2.08. The van der Waals surface area contributed by atoms with E-state index in [1.807, 2.05) is 0 Å². The van der Waals surface area contributed by atoms with Gasteiger partial charge in [0.2, 0.25) is 0 Å². The number of esters is 2. The highest BCUT2D eigenvalue weighted by molar-refractivity contribution is 5.78. The van der Waals surface area contributed by atoms with Gasteiger partial charge in [-0.15, -0.1) is 0 Å². The molecule has 1 aliphatic heterocycles. The SMILES string of the molecule is O=C1CCC(=O)OC[CH]O1. The Balaban J connectivity index is 2.36. The Morgan fingerprint density at radius 3 is 2.70 bits per heavy atom. The third-order valence-corrected chi connectivity index (χ3v) is 1.06. The Morgan fingerprint density at radius 1 is 1.20 bits per heavy atom. The number of carbonyl (C=O) groups is 2. The summed E-state index contributed by atoms with van der Waals surface area (Å²) < 4.78 is 9.05. The van der Waals surface area contributed by atoms with Gasteiger partial charge in [-0.1, -0.05) is 0 Å². The fraction of sp³-hybridized carbons (Fsp3) is 0.500. The summed E-state index contributed by atoms with van der Waals surface area (Å²) in [5, 5.41) is 0. The predicted octanol–water partition coefficient (Wildman–Crippen LogP) is 0.0284. The molecule has 0 aromatic heterocycles. The van der Waals surface area contributed by atoms with Gasteiger partial charge in [0, 0.05) is 0 Å². The van der Waals surface area contributed by atoms with Crippen LogP contribution in [0.15, 0.2) is 0 Å². The van der Waals surface area contributed by atoms with Crippen molar-refractivity contribution in [2.75, 3.05) is 6.61 Å². The van der Waals surface area contributed by atoms with Crippen LogP contribution in [-0.2, 0) is 19.1 Å². The Labute approximate surface area is 58.1 Å². The quantitative estimate of drug-likeness (QED) is 0.449. The summed E-state index contributed by atoms with van der Waals surface area (Å²) in [6.07, 6.45) is 0.224. The van der Waals surface area contributed by atoms with Gasteiger partial charge in [-0.05, 0) is 0 Å². The van der Waals surface area contributed by atoms with E-state index in [0.29, 0.717) is 0 Å². The van der Waals surface area contributed by atoms with E-state index in [9.17, 15) is 9.59 Å². The highest BCUT2D eigenvalue weighted by Crippen LogP contribution is 2.01. The van der Waals surface area contributed by atoms with Crippen LogP contribution in [0.3, 0.4) is 0 Å². The maximum Gasteiger partial charge on any atom is 0.306 e. The van der Waals surface area contributed by atoms with E-state index in [-0.39, 0.29) is 31.4 Å². The van der Waals surface area contributed by atoms with Gasteiger partial charge in [0.05, 0.1) is 12.8 Å². The molecule has 4 heteroatoms. The van der Waals surface area contributed by atoms with Crippen LogP contribution in [0, 0.1) is 6.61 Å². The fourth-order valence-corrected chi connectivity index (χ4v) is 0.589. The molecule has 1 heterocycles. The Kier molecular flexibility index (Phi) is 2.25. The van der Waals surface area contributed by atoms with Crippen molar-refractivity contribution in [3.63, 3.8) is 0 Å². The third kappa shape index (κ3) is 2.05. The number of hydrogen-bond acceptors (Lipinski definition) is 4. The second-order valence-electron chi connectivity index (χ2n) is 1.84. The molecular formula is C6H7O4. The second kappa shape index (κ2) is 3.20. The van der Waals surface area contributed by atoms with E-state index in [2.05, 4.69) is 9.47 Å². The molecular weight excluding hydrogens is 136 g/mol. The Bertz CT molecular complexity index is 134. The van der Waals surface area contributed by atoms with Crippen molar-refractivity contribution in [3.05, 3.63) is 6.61 Å². The minimum absolute atomic E-state index is 0.0601. The molecule has 1 rings (SSSR count). The topological polar surface area (TPSA) is 52.6 Å². The standard InChI is InChI=1S/C6H7O4/c7-5-1-2-6(8)10-4-3-9-5/h3H,1-2,4H2. The summed E-state index contributed by atoms with van der Waals surface area (Å²) in [7, 11) is 0. The number of carbonyl (C=O) groups excluding carboxylic acids is 2. The zero-order chi connectivity index (χ0) is 7.40. The van der Waals surface area contributed by atoms with Gasteiger partial charge >= 0.3 is 11.9 Å². The van der Waals surface area contributed by atoms with Crippen molar-refractivity contribution in [2.24, 2.45) is 0 Å². The lowest BCUT2D eigenvalue weighted by atomic mass is 10.3. The zero-order valence-electron chi connectivity index (χ0n) is 5.33. The second-order valence-corrected chi connectivity index (χ2v) is 1.84. The monoisotopic (exact) mass is 143 g/mol. The molecule has 0 bridgehead atoms. The van der Waals surface area contributed by atoms with Crippen LogP contribution < -0.4 is 0 Å². The van der Waals surface area contributed by atoms with Gasteiger partial charge in [0.1, 0.15) is 6.61 Å². The minimum atomic E-state index is -0.378. The predicted molar refractivity (Wildman–Crippen MR) is 30.6 cm³/mol. The van der Waals surface area contributed by atoms with Crippen molar-refractivity contribution in [3.8, 4) is 0 Å². The van der Waals surface area contributed by atoms with Crippen LogP contribution in [0.1, 0.15) is 12.8 Å². The van der Waals surface area contributed by atoms with Gasteiger partial charge in [-0.25, -0.2) is 0 Å². The van der Waals surface area contributed by atoms with Gasteiger partial charge in [0.15, 0.2) is 6.61 Å². The van der Waals surface area contributed by atoms with Crippen LogP contribution in [0.5, 0.6) is 0 Å². The fourth-order valence-electron chi connectivity index (χ4n) is 0.589. The van der Waals surface area contributed by atoms with Crippen LogP contribution in [0.4, 0.5) is 0 Å². The van der Waals surface area contributed by atoms with E-state index < -0.39 is 0 Å². The van der Waals surface area contributed by atoms with E-state index in [4.69, 9.17) is 0 Å². The number of ether oxygens (including phenoxy) is 2. The van der Waals surface area contributed by atoms with Crippen molar-refractivity contribution in [1.29, 1.82) is 0 Å². The molecule has 0 aromatic carbocycles. The van der Waals surface area contributed by atoms with Gasteiger partial charge in [0.25, 0.3) is 0 Å². The zero-order valence-corrected chi connectivity index (χ0v) is 5.33. The lowest BCUT2D eigenvalue weighted by molar-refractivity contribution is -0.154. The number of hydrogen-bond donors (Lipinski definition) is 0. The Hall–Kier alpha value is -1.06. The van der Waals surface area contributed by atoms with Crippen molar-refractivity contribution < 1.29 is 19.1 Å². The Morgan fingerprint density at radius 2 is 1.90 bits per heavy atom. The maximum atomic E-state index is 10.5. The molecule has 55 valence electrons. The molecule has 0 unspecified atom stereocenters. The molecule has 1 radical (unpaired) electrons. The molecule has 1 fully saturated rings. The van der Waals surface area contributed by atoms with Crippen molar-refractivity contribution >= 4 is 11.9 Å². The molecule has 0 atom stereocenters. The summed E-state index contributed by atoms with van der Waals surface area (Å²) in [6.45, 7) is 1.24. The first kappa shape index (κ1) is 7.05. The molecule has 0 saturated carbocycles. The van der Waals surface area contributed by atoms with Crippen LogP contribution >= 0.6 is 0 Å². The normalized spacial score (nSPS) is 20.4. The molecule has 0 amide bonds.